The molecular weight excluding hydrogens is 222 g/mol. The molecule has 1 aliphatic rings. The average Bonchev–Trinajstić information content (AvgIpc) is 2.41. The van der Waals surface area contributed by atoms with Gasteiger partial charge in [-0.3, -0.25) is 4.90 Å². The van der Waals surface area contributed by atoms with Crippen LogP contribution in [0.3, 0.4) is 0 Å². The van der Waals surface area contributed by atoms with E-state index in [1.54, 1.807) is 0 Å². The van der Waals surface area contributed by atoms with Gasteiger partial charge < -0.3 is 5.11 Å². The molecule has 2 nitrogen and oxygen atoms in total. The molecule has 2 heteroatoms. The van der Waals surface area contributed by atoms with E-state index in [0.29, 0.717) is 11.8 Å². The lowest BCUT2D eigenvalue weighted by Gasteiger charge is -2.33. The smallest absolute Gasteiger partial charge is 0.122 e. The molecule has 0 spiro atoms. The third-order valence-electron chi connectivity index (χ3n) is 4.19. The van der Waals surface area contributed by atoms with Crippen LogP contribution in [-0.2, 0) is 6.54 Å². The Morgan fingerprint density at radius 1 is 1.22 bits per heavy atom. The number of aromatic hydroxyl groups is 1. The van der Waals surface area contributed by atoms with Gasteiger partial charge in [-0.15, -0.1) is 0 Å². The predicted octanol–water partition coefficient (Wildman–Crippen LogP) is 3.86. The van der Waals surface area contributed by atoms with Crippen molar-refractivity contribution in [1.82, 2.24) is 4.90 Å². The maximum atomic E-state index is 10.1. The summed E-state index contributed by atoms with van der Waals surface area (Å²) in [4.78, 5) is 2.52. The van der Waals surface area contributed by atoms with E-state index in [4.69, 9.17) is 0 Å². The third kappa shape index (κ3) is 3.05. The summed E-state index contributed by atoms with van der Waals surface area (Å²) in [5.74, 6) is 0.478. The van der Waals surface area contributed by atoms with Gasteiger partial charge in [0.2, 0.25) is 0 Å². The number of para-hydroxylation sites is 1. The minimum Gasteiger partial charge on any atom is -0.507 e. The normalized spacial score (nSPS) is 17.3. The highest BCUT2D eigenvalue weighted by molar-refractivity contribution is 5.39. The summed E-state index contributed by atoms with van der Waals surface area (Å²) in [6.45, 7) is 6.14. The van der Waals surface area contributed by atoms with Crippen LogP contribution >= 0.6 is 0 Å². The van der Waals surface area contributed by atoms with Crippen molar-refractivity contribution in [3.05, 3.63) is 29.3 Å². The Morgan fingerprint density at radius 2 is 1.94 bits per heavy atom. The fraction of sp³-hybridized carbons (Fsp3) is 0.625. The molecule has 1 aromatic carbocycles. The van der Waals surface area contributed by atoms with Crippen LogP contribution in [0.5, 0.6) is 5.75 Å². The second kappa shape index (κ2) is 6.24. The summed E-state index contributed by atoms with van der Waals surface area (Å²) < 4.78 is 0. The van der Waals surface area contributed by atoms with Crippen molar-refractivity contribution in [2.75, 3.05) is 6.54 Å². The third-order valence-corrected chi connectivity index (χ3v) is 4.19. The molecule has 1 saturated carbocycles. The van der Waals surface area contributed by atoms with Crippen molar-refractivity contribution >= 4 is 0 Å². The Hall–Kier alpha value is -1.02. The molecule has 1 fully saturated rings. The van der Waals surface area contributed by atoms with Gasteiger partial charge in [-0.05, 0) is 31.9 Å². The quantitative estimate of drug-likeness (QED) is 0.873. The summed E-state index contributed by atoms with van der Waals surface area (Å²) in [6, 6.07) is 6.77. The van der Waals surface area contributed by atoms with Gasteiger partial charge in [-0.25, -0.2) is 0 Å². The van der Waals surface area contributed by atoms with Crippen molar-refractivity contribution in [2.24, 2.45) is 0 Å². The SMILES string of the molecule is CCN(Cc1cccc(C)c1O)C1CCCCC1. The highest BCUT2D eigenvalue weighted by Gasteiger charge is 2.20. The van der Waals surface area contributed by atoms with E-state index >= 15 is 0 Å². The van der Waals surface area contributed by atoms with Crippen molar-refractivity contribution in [3.63, 3.8) is 0 Å². The number of hydrogen-bond acceptors (Lipinski definition) is 2. The van der Waals surface area contributed by atoms with Gasteiger partial charge in [0, 0.05) is 18.2 Å². The molecule has 0 saturated heterocycles. The van der Waals surface area contributed by atoms with E-state index in [1.165, 1.54) is 32.1 Å². The lowest BCUT2D eigenvalue weighted by atomic mass is 9.93. The van der Waals surface area contributed by atoms with Gasteiger partial charge in [0.05, 0.1) is 0 Å². The zero-order valence-electron chi connectivity index (χ0n) is 11.7. The number of benzene rings is 1. The van der Waals surface area contributed by atoms with Crippen molar-refractivity contribution in [3.8, 4) is 5.75 Å². The number of phenolic OH excluding ortho intramolecular Hbond substituents is 1. The molecule has 1 N–H and O–H groups in total. The van der Waals surface area contributed by atoms with Crippen LogP contribution in [0, 0.1) is 6.92 Å². The maximum absolute atomic E-state index is 10.1. The largest absolute Gasteiger partial charge is 0.507 e. The van der Waals surface area contributed by atoms with Gasteiger partial charge >= 0.3 is 0 Å². The Labute approximate surface area is 111 Å². The summed E-state index contributed by atoms with van der Waals surface area (Å²) in [5.41, 5.74) is 2.05. The molecule has 1 aromatic rings. The lowest BCUT2D eigenvalue weighted by Crippen LogP contribution is -2.36. The van der Waals surface area contributed by atoms with Crippen LogP contribution in [-0.4, -0.2) is 22.6 Å². The fourth-order valence-electron chi connectivity index (χ4n) is 3.01. The number of phenols is 1. The Balaban J connectivity index is 2.07. The summed E-state index contributed by atoms with van der Waals surface area (Å²) in [7, 11) is 0. The van der Waals surface area contributed by atoms with E-state index in [2.05, 4.69) is 11.8 Å². The molecule has 0 bridgehead atoms. The second-order valence-electron chi connectivity index (χ2n) is 5.44. The summed E-state index contributed by atoms with van der Waals surface area (Å²) in [6.07, 6.45) is 6.76. The van der Waals surface area contributed by atoms with Crippen molar-refractivity contribution in [1.29, 1.82) is 0 Å². The fourth-order valence-corrected chi connectivity index (χ4v) is 3.01. The van der Waals surface area contributed by atoms with Gasteiger partial charge in [0.15, 0.2) is 0 Å². The van der Waals surface area contributed by atoms with Crippen molar-refractivity contribution in [2.45, 2.75) is 58.5 Å². The number of hydrogen-bond donors (Lipinski definition) is 1. The first-order valence-electron chi connectivity index (χ1n) is 7.24. The Morgan fingerprint density at radius 3 is 2.61 bits per heavy atom. The van der Waals surface area contributed by atoms with Gasteiger partial charge in [-0.2, -0.15) is 0 Å². The topological polar surface area (TPSA) is 23.5 Å². The van der Waals surface area contributed by atoms with Crippen LogP contribution in [0.1, 0.15) is 50.2 Å². The molecule has 100 valence electrons. The average molecular weight is 247 g/mol. The van der Waals surface area contributed by atoms with E-state index in [9.17, 15) is 5.11 Å². The first-order valence-corrected chi connectivity index (χ1v) is 7.24. The minimum absolute atomic E-state index is 0.478. The molecule has 0 unspecified atom stereocenters. The highest BCUT2D eigenvalue weighted by Crippen LogP contribution is 2.27. The number of nitrogens with zero attached hydrogens (tertiary/aromatic N) is 1. The lowest BCUT2D eigenvalue weighted by molar-refractivity contribution is 0.154. The van der Waals surface area contributed by atoms with E-state index in [0.717, 1.165) is 24.2 Å². The van der Waals surface area contributed by atoms with E-state index in [1.807, 2.05) is 25.1 Å². The van der Waals surface area contributed by atoms with Gasteiger partial charge in [-0.1, -0.05) is 44.4 Å². The number of rotatable bonds is 4. The first kappa shape index (κ1) is 13.4. The summed E-state index contributed by atoms with van der Waals surface area (Å²) >= 11 is 0. The van der Waals surface area contributed by atoms with Crippen LogP contribution in [0.2, 0.25) is 0 Å². The first-order chi connectivity index (χ1) is 8.72. The molecule has 0 heterocycles. The molecule has 18 heavy (non-hydrogen) atoms. The van der Waals surface area contributed by atoms with Crippen molar-refractivity contribution < 1.29 is 5.11 Å². The van der Waals surface area contributed by atoms with Gasteiger partial charge in [0.1, 0.15) is 5.75 Å². The Kier molecular flexibility index (Phi) is 4.65. The van der Waals surface area contributed by atoms with Crippen LogP contribution < -0.4 is 0 Å². The van der Waals surface area contributed by atoms with Crippen LogP contribution in [0.25, 0.3) is 0 Å². The molecule has 0 amide bonds. The van der Waals surface area contributed by atoms with E-state index in [-0.39, 0.29) is 0 Å². The number of aryl methyl sites for hydroxylation is 1. The van der Waals surface area contributed by atoms with Crippen LogP contribution in [0.15, 0.2) is 18.2 Å². The molecule has 2 rings (SSSR count). The molecule has 1 aliphatic carbocycles. The zero-order valence-corrected chi connectivity index (χ0v) is 11.7. The predicted molar refractivity (Wildman–Crippen MR) is 75.8 cm³/mol. The maximum Gasteiger partial charge on any atom is 0.122 e. The molecule has 0 radical (unpaired) electrons. The molecular formula is C16H25NO. The molecule has 0 atom stereocenters. The van der Waals surface area contributed by atoms with E-state index < -0.39 is 0 Å². The minimum atomic E-state index is 0.478. The molecule has 0 aromatic heterocycles. The molecule has 0 aliphatic heterocycles. The monoisotopic (exact) mass is 247 g/mol. The van der Waals surface area contributed by atoms with Crippen LogP contribution in [0.4, 0.5) is 0 Å². The second-order valence-corrected chi connectivity index (χ2v) is 5.44. The highest BCUT2D eigenvalue weighted by atomic mass is 16.3. The Bertz CT molecular complexity index is 383. The zero-order chi connectivity index (χ0) is 13.0. The summed E-state index contributed by atoms with van der Waals surface area (Å²) in [5, 5.41) is 10.1. The standard InChI is InChI=1S/C16H25NO/c1-3-17(15-10-5-4-6-11-15)12-14-9-7-8-13(2)16(14)18/h7-9,15,18H,3-6,10-12H2,1-2H3. The van der Waals surface area contributed by atoms with Gasteiger partial charge in [0.25, 0.3) is 0 Å².